The van der Waals surface area contributed by atoms with Crippen molar-refractivity contribution < 1.29 is 8.95 Å². The molecule has 1 aliphatic heterocycles. The lowest BCUT2D eigenvalue weighted by molar-refractivity contribution is -0.0944. The number of benzene rings is 1. The standard InChI is InChI=1S/C25H32N4O3S.2C2H6/c1-5-25(3,33(4)31)11-13-29-12-10-21(14-23(29)30)19-6-8-20(9-7-19)22(28-26)15-27-16-24(2)17-32-18-24;2*1-2/h5-10,12,14-15H,1,11,13,16-18,26H2,2-4H3;2*1-2H3/b27-15?,28-22+;;. The normalized spacial score (nSPS) is 16.8. The molecule has 1 saturated heterocycles. The first-order valence-electron chi connectivity index (χ1n) is 12.8. The van der Waals surface area contributed by atoms with Gasteiger partial charge in [-0.05, 0) is 30.5 Å². The zero-order valence-corrected chi connectivity index (χ0v) is 24.3. The van der Waals surface area contributed by atoms with E-state index in [-0.39, 0.29) is 11.0 Å². The van der Waals surface area contributed by atoms with Crippen LogP contribution >= 0.6 is 0 Å². The number of hydrazone groups is 1. The minimum Gasteiger partial charge on any atom is -0.380 e. The predicted molar refractivity (Wildman–Crippen MR) is 159 cm³/mol. The molecule has 0 spiro atoms. The van der Waals surface area contributed by atoms with E-state index in [9.17, 15) is 9.00 Å². The number of aliphatic imine (C=N–C) groups is 1. The Morgan fingerprint density at radius 2 is 1.81 bits per heavy atom. The molecule has 2 heterocycles. The molecule has 204 valence electrons. The van der Waals surface area contributed by atoms with Gasteiger partial charge in [0.05, 0.1) is 18.0 Å². The van der Waals surface area contributed by atoms with Gasteiger partial charge >= 0.3 is 0 Å². The third-order valence-electron chi connectivity index (χ3n) is 6.17. The van der Waals surface area contributed by atoms with Crippen LogP contribution in [0.3, 0.4) is 0 Å². The van der Waals surface area contributed by atoms with E-state index in [1.54, 1.807) is 35.4 Å². The Kier molecular flexibility index (Phi) is 13.4. The molecule has 2 N–H and O–H groups in total. The lowest BCUT2D eigenvalue weighted by Crippen LogP contribution is -2.42. The maximum absolute atomic E-state index is 12.6. The van der Waals surface area contributed by atoms with Crippen molar-refractivity contribution in [2.45, 2.75) is 59.3 Å². The maximum Gasteiger partial charge on any atom is 0.251 e. The van der Waals surface area contributed by atoms with Gasteiger partial charge in [0.25, 0.3) is 5.56 Å². The van der Waals surface area contributed by atoms with E-state index in [0.29, 0.717) is 25.2 Å². The molecule has 3 rings (SSSR count). The van der Waals surface area contributed by atoms with Gasteiger partial charge in [0.1, 0.15) is 5.71 Å². The Balaban J connectivity index is 0.00000163. The third kappa shape index (κ3) is 8.90. The number of nitrogens with zero attached hydrogens (tertiary/aromatic N) is 3. The van der Waals surface area contributed by atoms with Gasteiger partial charge in [-0.25, -0.2) is 0 Å². The molecule has 0 saturated carbocycles. The van der Waals surface area contributed by atoms with Crippen LogP contribution in [0.5, 0.6) is 0 Å². The van der Waals surface area contributed by atoms with Gasteiger partial charge in [-0.15, -0.1) is 6.58 Å². The van der Waals surface area contributed by atoms with Crippen LogP contribution in [0.1, 0.15) is 53.5 Å². The Bertz CT molecular complexity index is 1130. The van der Waals surface area contributed by atoms with Crippen molar-refractivity contribution in [3.63, 3.8) is 0 Å². The summed E-state index contributed by atoms with van der Waals surface area (Å²) in [6.45, 7) is 18.4. The van der Waals surface area contributed by atoms with E-state index in [0.717, 1.165) is 29.9 Å². The van der Waals surface area contributed by atoms with E-state index in [2.05, 4.69) is 23.6 Å². The van der Waals surface area contributed by atoms with E-state index in [1.807, 2.05) is 65.0 Å². The summed E-state index contributed by atoms with van der Waals surface area (Å²) >= 11 is 0. The van der Waals surface area contributed by atoms with Crippen molar-refractivity contribution in [1.82, 2.24) is 4.57 Å². The summed E-state index contributed by atoms with van der Waals surface area (Å²) in [6, 6.07) is 11.2. The molecule has 2 unspecified atom stereocenters. The first-order chi connectivity index (χ1) is 17.7. The van der Waals surface area contributed by atoms with Crippen LogP contribution in [-0.4, -0.2) is 51.5 Å². The molecule has 8 heteroatoms. The first kappa shape index (κ1) is 32.2. The molecule has 2 atom stereocenters. The van der Waals surface area contributed by atoms with Gasteiger partial charge in [-0.3, -0.25) is 14.0 Å². The number of ether oxygens (including phenoxy) is 1. The van der Waals surface area contributed by atoms with Gasteiger partial charge in [0, 0.05) is 59.6 Å². The van der Waals surface area contributed by atoms with Gasteiger partial charge in [0.2, 0.25) is 0 Å². The number of nitrogens with two attached hydrogens (primary N) is 1. The van der Waals surface area contributed by atoms with Crippen LogP contribution in [0.25, 0.3) is 11.1 Å². The van der Waals surface area contributed by atoms with Crippen molar-refractivity contribution in [3.05, 3.63) is 71.2 Å². The fourth-order valence-electron chi connectivity index (χ4n) is 3.49. The van der Waals surface area contributed by atoms with E-state index < -0.39 is 15.5 Å². The monoisotopic (exact) mass is 528 g/mol. The minimum absolute atomic E-state index is 0.0954. The largest absolute Gasteiger partial charge is 0.380 e. The summed E-state index contributed by atoms with van der Waals surface area (Å²) < 4.78 is 18.3. The second-order valence-electron chi connectivity index (χ2n) is 9.03. The molecule has 0 bridgehead atoms. The number of aromatic nitrogens is 1. The average Bonchev–Trinajstić information content (AvgIpc) is 2.91. The molecule has 37 heavy (non-hydrogen) atoms. The SMILES string of the molecule is C=CC(C)(CCn1ccc(-c2ccc(/C(C=NCC3(C)COC3)=N/N)cc2)cc1=O)S(C)=O.CC.CC. The molecule has 1 aliphatic rings. The Morgan fingerprint density at radius 3 is 2.27 bits per heavy atom. The third-order valence-corrected chi connectivity index (χ3v) is 7.86. The molecule has 1 aromatic carbocycles. The highest BCUT2D eigenvalue weighted by molar-refractivity contribution is 7.85. The summed E-state index contributed by atoms with van der Waals surface area (Å²) in [4.78, 5) is 17.1. The topological polar surface area (TPSA) is 99.0 Å². The van der Waals surface area contributed by atoms with Gasteiger partial charge in [-0.2, -0.15) is 5.10 Å². The Labute approximate surface area is 225 Å². The summed E-state index contributed by atoms with van der Waals surface area (Å²) in [5.41, 5.74) is 3.18. The molecular weight excluding hydrogens is 484 g/mol. The van der Waals surface area contributed by atoms with Gasteiger partial charge in [-0.1, -0.05) is 65.0 Å². The van der Waals surface area contributed by atoms with E-state index in [4.69, 9.17) is 10.6 Å². The fourth-order valence-corrected chi connectivity index (χ4v) is 4.10. The van der Waals surface area contributed by atoms with Crippen LogP contribution in [0.4, 0.5) is 0 Å². The second-order valence-corrected chi connectivity index (χ2v) is 10.9. The molecule has 1 aromatic heterocycles. The molecule has 0 aliphatic carbocycles. The summed E-state index contributed by atoms with van der Waals surface area (Å²) in [6.07, 6.45) is 7.41. The van der Waals surface area contributed by atoms with Crippen molar-refractivity contribution in [2.75, 3.05) is 26.0 Å². The van der Waals surface area contributed by atoms with E-state index >= 15 is 0 Å². The molecule has 0 radical (unpaired) electrons. The summed E-state index contributed by atoms with van der Waals surface area (Å²) in [7, 11) is -1.06. The smallest absolute Gasteiger partial charge is 0.251 e. The summed E-state index contributed by atoms with van der Waals surface area (Å²) in [5, 5.41) is 3.86. The van der Waals surface area contributed by atoms with Gasteiger partial charge in [0.15, 0.2) is 0 Å². The lowest BCUT2D eigenvalue weighted by Gasteiger charge is -2.36. The van der Waals surface area contributed by atoms with E-state index in [1.165, 1.54) is 0 Å². The lowest BCUT2D eigenvalue weighted by atomic mass is 9.89. The zero-order valence-electron chi connectivity index (χ0n) is 23.5. The Hall–Kier alpha value is -2.84. The van der Waals surface area contributed by atoms with Crippen LogP contribution in [0.15, 0.2) is 70.1 Å². The van der Waals surface area contributed by atoms with Crippen LogP contribution in [0.2, 0.25) is 0 Å². The van der Waals surface area contributed by atoms with Gasteiger partial charge < -0.3 is 15.1 Å². The van der Waals surface area contributed by atoms with Crippen molar-refractivity contribution in [2.24, 2.45) is 21.4 Å². The summed E-state index contributed by atoms with van der Waals surface area (Å²) in [5.74, 6) is 5.58. The highest BCUT2D eigenvalue weighted by Crippen LogP contribution is 2.26. The van der Waals surface area contributed by atoms with Crippen LogP contribution < -0.4 is 11.4 Å². The number of aryl methyl sites for hydroxylation is 1. The molecule has 1 fully saturated rings. The van der Waals surface area contributed by atoms with Crippen LogP contribution in [-0.2, 0) is 22.1 Å². The number of pyridine rings is 1. The van der Waals surface area contributed by atoms with Crippen molar-refractivity contribution in [1.29, 1.82) is 0 Å². The minimum atomic E-state index is -1.06. The predicted octanol–water partition coefficient (Wildman–Crippen LogP) is 5.05. The number of hydrogen-bond acceptors (Lipinski definition) is 6. The molecular formula is C29H44N4O3S. The highest BCUT2D eigenvalue weighted by atomic mass is 32.2. The maximum atomic E-state index is 12.6. The zero-order chi connectivity index (χ0) is 28.1. The first-order valence-corrected chi connectivity index (χ1v) is 14.4. The van der Waals surface area contributed by atoms with Crippen LogP contribution in [0, 0.1) is 5.41 Å². The second kappa shape index (κ2) is 15.4. The Morgan fingerprint density at radius 1 is 1.19 bits per heavy atom. The average molecular weight is 529 g/mol. The highest BCUT2D eigenvalue weighted by Gasteiger charge is 2.32. The molecule has 0 amide bonds. The number of hydrogen-bond donors (Lipinski definition) is 1. The van der Waals surface area contributed by atoms with Crippen molar-refractivity contribution >= 4 is 22.7 Å². The number of rotatable bonds is 10. The van der Waals surface area contributed by atoms with Crippen molar-refractivity contribution in [3.8, 4) is 11.1 Å². The quantitative estimate of drug-likeness (QED) is 0.202. The molecule has 7 nitrogen and oxygen atoms in total. The fraction of sp³-hybridized carbons (Fsp3) is 0.483. The molecule has 2 aromatic rings.